The second-order valence-electron chi connectivity index (χ2n) is 10.5. The Morgan fingerprint density at radius 1 is 0.705 bits per heavy atom. The standard InChI is InChI=1S/C37H30N2O5/c1-2-44-30-15-8-14-29(24-30)38(35(41)28-20-18-27(19-21-28)34(40)26-10-4-3-5-11-26)22-9-23-39-36(42)31-16-6-12-25-13-7-17-32(33(25)31)37(39)43/h3-8,10-21,24H,2,9,22-23H2,1H3. The lowest BCUT2D eigenvalue weighted by atomic mass is 9.94. The van der Waals surface area contributed by atoms with Gasteiger partial charge in [0.15, 0.2) is 5.78 Å². The lowest BCUT2D eigenvalue weighted by Crippen LogP contribution is -2.42. The molecule has 0 bridgehead atoms. The molecule has 1 aliphatic heterocycles. The van der Waals surface area contributed by atoms with Gasteiger partial charge in [0.25, 0.3) is 17.7 Å². The number of benzene rings is 5. The summed E-state index contributed by atoms with van der Waals surface area (Å²) in [4.78, 5) is 56.5. The fraction of sp³-hybridized carbons (Fsp3) is 0.135. The van der Waals surface area contributed by atoms with Crippen LogP contribution in [0.25, 0.3) is 10.8 Å². The molecule has 6 rings (SSSR count). The van der Waals surface area contributed by atoms with E-state index < -0.39 is 0 Å². The van der Waals surface area contributed by atoms with Crippen molar-refractivity contribution in [2.45, 2.75) is 13.3 Å². The summed E-state index contributed by atoms with van der Waals surface area (Å²) < 4.78 is 5.68. The van der Waals surface area contributed by atoms with E-state index in [0.29, 0.717) is 57.7 Å². The molecule has 0 radical (unpaired) electrons. The number of carbonyl (C=O) groups excluding carboxylic acids is 4. The largest absolute Gasteiger partial charge is 0.494 e. The summed E-state index contributed by atoms with van der Waals surface area (Å²) >= 11 is 0. The number of ketones is 1. The quantitative estimate of drug-likeness (QED) is 0.134. The normalized spacial score (nSPS) is 12.3. The minimum Gasteiger partial charge on any atom is -0.494 e. The van der Waals surface area contributed by atoms with Crippen LogP contribution in [0.4, 0.5) is 5.69 Å². The number of hydrogen-bond donors (Lipinski definition) is 0. The van der Waals surface area contributed by atoms with Crippen LogP contribution in [0.3, 0.4) is 0 Å². The Hall–Kier alpha value is -5.56. The third-order valence-electron chi connectivity index (χ3n) is 7.73. The first-order valence-corrected chi connectivity index (χ1v) is 14.6. The van der Waals surface area contributed by atoms with Gasteiger partial charge >= 0.3 is 0 Å². The van der Waals surface area contributed by atoms with Gasteiger partial charge in [-0.25, -0.2) is 0 Å². The highest BCUT2D eigenvalue weighted by Crippen LogP contribution is 2.30. The number of nitrogens with zero attached hydrogens (tertiary/aromatic N) is 2. The third-order valence-corrected chi connectivity index (χ3v) is 7.73. The predicted octanol–water partition coefficient (Wildman–Crippen LogP) is 6.80. The second-order valence-corrected chi connectivity index (χ2v) is 10.5. The van der Waals surface area contributed by atoms with Crippen molar-refractivity contribution in [3.8, 4) is 5.75 Å². The molecule has 0 fully saturated rings. The molecule has 5 aromatic carbocycles. The van der Waals surface area contributed by atoms with E-state index in [4.69, 9.17) is 4.74 Å². The SMILES string of the molecule is CCOc1cccc(N(CCCN2C(=O)c3cccc4cccc(c34)C2=O)C(=O)c2ccc(C(=O)c3ccccc3)cc2)c1. The lowest BCUT2D eigenvalue weighted by Gasteiger charge is -2.29. The zero-order valence-corrected chi connectivity index (χ0v) is 24.2. The highest BCUT2D eigenvalue weighted by atomic mass is 16.5. The smallest absolute Gasteiger partial charge is 0.261 e. The van der Waals surface area contributed by atoms with Crippen LogP contribution < -0.4 is 9.64 Å². The van der Waals surface area contributed by atoms with Crippen molar-refractivity contribution in [2.24, 2.45) is 0 Å². The summed E-state index contributed by atoms with van der Waals surface area (Å²) in [6.07, 6.45) is 0.352. The summed E-state index contributed by atoms with van der Waals surface area (Å²) in [6, 6.07) is 33.7. The summed E-state index contributed by atoms with van der Waals surface area (Å²) in [5.41, 5.74) is 3.08. The van der Waals surface area contributed by atoms with Gasteiger partial charge in [-0.3, -0.25) is 24.1 Å². The average Bonchev–Trinajstić information content (AvgIpc) is 3.07. The maximum atomic E-state index is 13.9. The van der Waals surface area contributed by atoms with Crippen LogP contribution >= 0.6 is 0 Å². The first-order valence-electron chi connectivity index (χ1n) is 14.6. The maximum Gasteiger partial charge on any atom is 0.261 e. The molecule has 218 valence electrons. The van der Waals surface area contributed by atoms with Crippen molar-refractivity contribution < 1.29 is 23.9 Å². The van der Waals surface area contributed by atoms with Crippen molar-refractivity contribution in [1.29, 1.82) is 0 Å². The van der Waals surface area contributed by atoms with Gasteiger partial charge < -0.3 is 9.64 Å². The number of anilines is 1. The van der Waals surface area contributed by atoms with E-state index in [-0.39, 0.29) is 36.6 Å². The van der Waals surface area contributed by atoms with Crippen molar-refractivity contribution >= 4 is 40.0 Å². The zero-order valence-electron chi connectivity index (χ0n) is 24.2. The van der Waals surface area contributed by atoms with E-state index >= 15 is 0 Å². The van der Waals surface area contributed by atoms with Gasteiger partial charge in [-0.05, 0) is 55.1 Å². The van der Waals surface area contributed by atoms with E-state index in [1.807, 2.05) is 67.6 Å². The zero-order chi connectivity index (χ0) is 30.6. The summed E-state index contributed by atoms with van der Waals surface area (Å²) in [5, 5.41) is 1.53. The lowest BCUT2D eigenvalue weighted by molar-refractivity contribution is 0.0609. The number of hydrogen-bond acceptors (Lipinski definition) is 5. The molecule has 0 aromatic heterocycles. The van der Waals surface area contributed by atoms with Gasteiger partial charge in [-0.15, -0.1) is 0 Å². The molecule has 7 heteroatoms. The highest BCUT2D eigenvalue weighted by Gasteiger charge is 2.32. The Kier molecular flexibility index (Phi) is 8.02. The van der Waals surface area contributed by atoms with Crippen molar-refractivity contribution in [3.63, 3.8) is 0 Å². The molecule has 0 saturated carbocycles. The Bertz CT molecular complexity index is 1830. The van der Waals surface area contributed by atoms with Gasteiger partial charge in [0.05, 0.1) is 6.61 Å². The Balaban J connectivity index is 1.24. The molecule has 7 nitrogen and oxygen atoms in total. The predicted molar refractivity (Wildman–Crippen MR) is 170 cm³/mol. The molecule has 44 heavy (non-hydrogen) atoms. The topological polar surface area (TPSA) is 84.0 Å². The summed E-state index contributed by atoms with van der Waals surface area (Å²) in [5.74, 6) is -0.455. The van der Waals surface area contributed by atoms with Crippen LogP contribution in [0.1, 0.15) is 60.3 Å². The van der Waals surface area contributed by atoms with E-state index in [0.717, 1.165) is 5.39 Å². The number of imide groups is 1. The van der Waals surface area contributed by atoms with Crippen molar-refractivity contribution in [2.75, 3.05) is 24.6 Å². The van der Waals surface area contributed by atoms with Crippen LogP contribution in [0.5, 0.6) is 5.75 Å². The van der Waals surface area contributed by atoms with Crippen LogP contribution in [0.15, 0.2) is 115 Å². The van der Waals surface area contributed by atoms with Gasteiger partial charge in [-0.2, -0.15) is 0 Å². The van der Waals surface area contributed by atoms with Gasteiger partial charge in [0.2, 0.25) is 0 Å². The average molecular weight is 583 g/mol. The minimum absolute atomic E-state index is 0.126. The second kappa shape index (κ2) is 12.4. The Labute approximate surface area is 255 Å². The monoisotopic (exact) mass is 582 g/mol. The van der Waals surface area contributed by atoms with Gasteiger partial charge in [-0.1, -0.05) is 72.8 Å². The molecule has 1 aliphatic rings. The third kappa shape index (κ3) is 5.47. The Morgan fingerprint density at radius 3 is 1.98 bits per heavy atom. The van der Waals surface area contributed by atoms with Crippen LogP contribution in [-0.2, 0) is 0 Å². The van der Waals surface area contributed by atoms with E-state index in [1.165, 1.54) is 4.90 Å². The Morgan fingerprint density at radius 2 is 1.32 bits per heavy atom. The molecule has 0 N–H and O–H groups in total. The number of amides is 3. The van der Waals surface area contributed by atoms with Gasteiger partial charge in [0, 0.05) is 58.0 Å². The first kappa shape index (κ1) is 28.6. The molecule has 1 heterocycles. The summed E-state index contributed by atoms with van der Waals surface area (Å²) in [6.45, 7) is 2.74. The molecule has 0 spiro atoms. The molecule has 0 atom stereocenters. The number of rotatable bonds is 10. The highest BCUT2D eigenvalue weighted by molar-refractivity contribution is 6.25. The summed E-state index contributed by atoms with van der Waals surface area (Å²) in [7, 11) is 0. The number of ether oxygens (including phenoxy) is 1. The van der Waals surface area contributed by atoms with Crippen molar-refractivity contribution in [1.82, 2.24) is 4.90 Å². The molecule has 3 amide bonds. The molecule has 5 aromatic rings. The molecule has 0 saturated heterocycles. The van der Waals surface area contributed by atoms with E-state index in [1.54, 1.807) is 59.5 Å². The van der Waals surface area contributed by atoms with Crippen LogP contribution in [0.2, 0.25) is 0 Å². The van der Waals surface area contributed by atoms with Crippen molar-refractivity contribution in [3.05, 3.63) is 143 Å². The van der Waals surface area contributed by atoms with Crippen LogP contribution in [0, 0.1) is 0 Å². The molecule has 0 aliphatic carbocycles. The molecule has 0 unspecified atom stereocenters. The minimum atomic E-state index is -0.339. The number of carbonyl (C=O) groups is 4. The fourth-order valence-electron chi connectivity index (χ4n) is 5.60. The van der Waals surface area contributed by atoms with E-state index in [2.05, 4.69) is 0 Å². The van der Waals surface area contributed by atoms with Crippen LogP contribution in [-0.4, -0.2) is 48.1 Å². The van der Waals surface area contributed by atoms with E-state index in [9.17, 15) is 19.2 Å². The molecular formula is C37H30N2O5. The van der Waals surface area contributed by atoms with Gasteiger partial charge in [0.1, 0.15) is 5.75 Å². The molecular weight excluding hydrogens is 552 g/mol. The fourth-order valence-corrected chi connectivity index (χ4v) is 5.60. The maximum absolute atomic E-state index is 13.9. The first-order chi connectivity index (χ1) is 21.5.